The molecule has 0 atom stereocenters. The average Bonchev–Trinajstić information content (AvgIpc) is 2.41. The van der Waals surface area contributed by atoms with Crippen LogP contribution in [0.3, 0.4) is 0 Å². The van der Waals surface area contributed by atoms with Gasteiger partial charge in [-0.25, -0.2) is 4.39 Å². The van der Waals surface area contributed by atoms with E-state index in [-0.39, 0.29) is 5.82 Å². The Kier molecular flexibility index (Phi) is 2.02. The van der Waals surface area contributed by atoms with Gasteiger partial charge in [-0.3, -0.25) is 0 Å². The van der Waals surface area contributed by atoms with Crippen LogP contribution in [0.1, 0.15) is 0 Å². The van der Waals surface area contributed by atoms with E-state index in [9.17, 15) is 4.39 Å². The van der Waals surface area contributed by atoms with Crippen molar-refractivity contribution in [3.05, 3.63) is 28.4 Å². The third kappa shape index (κ3) is 1.13. The summed E-state index contributed by atoms with van der Waals surface area (Å²) in [5, 5.41) is 2.33. The van der Waals surface area contributed by atoms with Gasteiger partial charge in [-0.1, -0.05) is 11.6 Å². The quantitative estimate of drug-likeness (QED) is 0.636. The lowest BCUT2D eigenvalue weighted by atomic mass is 10.2. The van der Waals surface area contributed by atoms with Crippen molar-refractivity contribution in [2.45, 2.75) is 4.90 Å². The van der Waals surface area contributed by atoms with E-state index in [1.165, 1.54) is 16.7 Å². The molecule has 12 heavy (non-hydrogen) atoms. The van der Waals surface area contributed by atoms with Gasteiger partial charge in [0.15, 0.2) is 0 Å². The summed E-state index contributed by atoms with van der Waals surface area (Å²) >= 11 is 11.3. The number of benzene rings is 1. The molecule has 1 aromatic carbocycles. The Morgan fingerprint density at radius 3 is 2.92 bits per heavy atom. The van der Waals surface area contributed by atoms with Crippen molar-refractivity contribution in [2.75, 3.05) is 0 Å². The third-order valence-electron chi connectivity index (χ3n) is 1.61. The van der Waals surface area contributed by atoms with Gasteiger partial charge in [0, 0.05) is 20.4 Å². The molecule has 0 unspecified atom stereocenters. The van der Waals surface area contributed by atoms with E-state index in [0.717, 1.165) is 4.70 Å². The maximum absolute atomic E-state index is 13.1. The first-order valence-electron chi connectivity index (χ1n) is 3.24. The van der Waals surface area contributed by atoms with E-state index in [2.05, 4.69) is 12.6 Å². The van der Waals surface area contributed by atoms with E-state index in [0.29, 0.717) is 15.3 Å². The molecule has 4 heteroatoms. The molecule has 0 saturated carbocycles. The zero-order chi connectivity index (χ0) is 8.72. The first-order valence-corrected chi connectivity index (χ1v) is 4.95. The largest absolute Gasteiger partial charge is 0.205 e. The van der Waals surface area contributed by atoms with E-state index in [4.69, 9.17) is 11.6 Å². The Morgan fingerprint density at radius 1 is 1.42 bits per heavy atom. The Hall–Kier alpha value is -0.250. The minimum Gasteiger partial charge on any atom is -0.205 e. The number of hydrogen-bond donors (Lipinski definition) is 1. The van der Waals surface area contributed by atoms with E-state index >= 15 is 0 Å². The summed E-state index contributed by atoms with van der Waals surface area (Å²) < 4.78 is 13.9. The highest BCUT2D eigenvalue weighted by Crippen LogP contribution is 2.34. The Morgan fingerprint density at radius 2 is 2.17 bits per heavy atom. The average molecular weight is 219 g/mol. The minimum absolute atomic E-state index is 0.268. The van der Waals surface area contributed by atoms with E-state index in [1.54, 1.807) is 6.07 Å². The normalized spacial score (nSPS) is 10.9. The molecule has 2 rings (SSSR count). The van der Waals surface area contributed by atoms with Gasteiger partial charge in [-0.2, -0.15) is 0 Å². The van der Waals surface area contributed by atoms with Crippen molar-refractivity contribution in [3.63, 3.8) is 0 Å². The molecular formula is C8H4ClFS2. The summed E-state index contributed by atoms with van der Waals surface area (Å²) in [6.07, 6.45) is 0. The van der Waals surface area contributed by atoms with Gasteiger partial charge in [0.05, 0.1) is 5.02 Å². The number of rotatable bonds is 0. The fourth-order valence-corrected chi connectivity index (χ4v) is 2.35. The second-order valence-electron chi connectivity index (χ2n) is 2.36. The number of fused-ring (bicyclic) bond motifs is 1. The third-order valence-corrected chi connectivity index (χ3v) is 3.43. The van der Waals surface area contributed by atoms with Crippen LogP contribution in [0.25, 0.3) is 10.1 Å². The van der Waals surface area contributed by atoms with Crippen LogP contribution >= 0.6 is 35.6 Å². The van der Waals surface area contributed by atoms with Gasteiger partial charge in [-0.15, -0.1) is 24.0 Å². The second-order valence-corrected chi connectivity index (χ2v) is 4.13. The maximum Gasteiger partial charge on any atom is 0.143 e. The van der Waals surface area contributed by atoms with Crippen LogP contribution < -0.4 is 0 Å². The van der Waals surface area contributed by atoms with Crippen molar-refractivity contribution in [1.82, 2.24) is 0 Å². The fraction of sp³-hybridized carbons (Fsp3) is 0. The minimum atomic E-state index is -0.268. The Balaban J connectivity index is 2.96. The summed E-state index contributed by atoms with van der Waals surface area (Å²) in [4.78, 5) is 0.612. The van der Waals surface area contributed by atoms with Crippen LogP contribution in [0.5, 0.6) is 0 Å². The summed E-state index contributed by atoms with van der Waals surface area (Å²) in [5.41, 5.74) is 0. The zero-order valence-corrected chi connectivity index (χ0v) is 8.31. The van der Waals surface area contributed by atoms with Gasteiger partial charge in [0.2, 0.25) is 0 Å². The summed E-state index contributed by atoms with van der Waals surface area (Å²) in [5.74, 6) is -0.268. The van der Waals surface area contributed by atoms with Gasteiger partial charge in [0.1, 0.15) is 5.82 Å². The van der Waals surface area contributed by atoms with Crippen LogP contribution in [0.4, 0.5) is 4.39 Å². The molecule has 0 N–H and O–H groups in total. The number of thiophene rings is 1. The molecule has 2 aromatic rings. The second kappa shape index (κ2) is 2.91. The Labute approximate surface area is 83.4 Å². The van der Waals surface area contributed by atoms with Crippen molar-refractivity contribution in [2.24, 2.45) is 0 Å². The molecule has 0 amide bonds. The molecule has 0 saturated heterocycles. The zero-order valence-electron chi connectivity index (χ0n) is 5.84. The molecule has 62 valence electrons. The summed E-state index contributed by atoms with van der Waals surface area (Å²) in [6.45, 7) is 0. The lowest BCUT2D eigenvalue weighted by Gasteiger charge is -1.97. The molecule has 0 spiro atoms. The van der Waals surface area contributed by atoms with Crippen LogP contribution in [0.15, 0.2) is 22.4 Å². The highest BCUT2D eigenvalue weighted by atomic mass is 35.5. The number of halogens is 2. The molecule has 0 aliphatic heterocycles. The standard InChI is InChI=1S/C8H4ClFS2/c9-8-5(11)1-2-6-7(8)4(10)3-12-6/h1-3,11H. The summed E-state index contributed by atoms with van der Waals surface area (Å²) in [6, 6.07) is 3.58. The molecule has 0 aliphatic carbocycles. The summed E-state index contributed by atoms with van der Waals surface area (Å²) in [7, 11) is 0. The highest BCUT2D eigenvalue weighted by molar-refractivity contribution is 7.80. The first-order chi connectivity index (χ1) is 5.70. The monoisotopic (exact) mass is 218 g/mol. The highest BCUT2D eigenvalue weighted by Gasteiger charge is 2.09. The fourth-order valence-electron chi connectivity index (χ4n) is 1.04. The van der Waals surface area contributed by atoms with Gasteiger partial charge in [0.25, 0.3) is 0 Å². The number of hydrogen-bond acceptors (Lipinski definition) is 2. The lowest BCUT2D eigenvalue weighted by molar-refractivity contribution is 0.644. The van der Waals surface area contributed by atoms with Crippen LogP contribution in [-0.4, -0.2) is 0 Å². The maximum atomic E-state index is 13.1. The molecule has 0 nitrogen and oxygen atoms in total. The van der Waals surface area contributed by atoms with E-state index in [1.807, 2.05) is 6.07 Å². The van der Waals surface area contributed by atoms with Gasteiger partial charge in [-0.05, 0) is 12.1 Å². The molecular weight excluding hydrogens is 215 g/mol. The molecule has 1 aromatic heterocycles. The number of thiol groups is 1. The molecule has 0 aliphatic rings. The predicted octanol–water partition coefficient (Wildman–Crippen LogP) is 3.98. The van der Waals surface area contributed by atoms with Gasteiger partial charge < -0.3 is 0 Å². The van der Waals surface area contributed by atoms with Crippen molar-refractivity contribution in [1.29, 1.82) is 0 Å². The van der Waals surface area contributed by atoms with Crippen LogP contribution in [0.2, 0.25) is 5.02 Å². The van der Waals surface area contributed by atoms with Crippen molar-refractivity contribution in [3.8, 4) is 0 Å². The topological polar surface area (TPSA) is 0 Å². The molecule has 0 bridgehead atoms. The SMILES string of the molecule is Fc1csc2ccc(S)c(Cl)c12. The van der Waals surface area contributed by atoms with Crippen LogP contribution in [0, 0.1) is 5.82 Å². The molecule has 0 radical (unpaired) electrons. The Bertz CT molecular complexity index is 436. The van der Waals surface area contributed by atoms with Crippen molar-refractivity contribution < 1.29 is 4.39 Å². The van der Waals surface area contributed by atoms with Crippen molar-refractivity contribution >= 4 is 45.7 Å². The predicted molar refractivity (Wildman–Crippen MR) is 54.0 cm³/mol. The van der Waals surface area contributed by atoms with E-state index < -0.39 is 0 Å². The lowest BCUT2D eigenvalue weighted by Crippen LogP contribution is -1.73. The smallest absolute Gasteiger partial charge is 0.143 e. The van der Waals surface area contributed by atoms with Gasteiger partial charge >= 0.3 is 0 Å². The van der Waals surface area contributed by atoms with Crippen LogP contribution in [-0.2, 0) is 0 Å². The molecule has 0 fully saturated rings. The molecule has 1 heterocycles. The first kappa shape index (κ1) is 8.35.